The lowest BCUT2D eigenvalue weighted by atomic mass is 9.81. The van der Waals surface area contributed by atoms with E-state index < -0.39 is 12.1 Å². The van der Waals surface area contributed by atoms with Gasteiger partial charge in [-0.3, -0.25) is 9.59 Å². The van der Waals surface area contributed by atoms with Gasteiger partial charge in [0.1, 0.15) is 12.1 Å². The van der Waals surface area contributed by atoms with Crippen LogP contribution in [0.3, 0.4) is 0 Å². The van der Waals surface area contributed by atoms with Gasteiger partial charge in [0.2, 0.25) is 11.8 Å². The van der Waals surface area contributed by atoms with Crippen molar-refractivity contribution >= 4 is 11.8 Å². The third kappa shape index (κ3) is 5.65. The van der Waals surface area contributed by atoms with Crippen LogP contribution in [0, 0.1) is 5.92 Å². The van der Waals surface area contributed by atoms with Crippen LogP contribution in [0.1, 0.15) is 56.4 Å². The summed E-state index contributed by atoms with van der Waals surface area (Å²) >= 11 is 0. The molecule has 0 bridgehead atoms. The Morgan fingerprint density at radius 3 is 1.56 bits per heavy atom. The van der Waals surface area contributed by atoms with Crippen LogP contribution >= 0.6 is 0 Å². The predicted molar refractivity (Wildman–Crippen MR) is 139 cm³/mol. The van der Waals surface area contributed by atoms with Crippen molar-refractivity contribution in [1.82, 2.24) is 10.6 Å². The summed E-state index contributed by atoms with van der Waals surface area (Å²) in [6, 6.07) is 15.6. The van der Waals surface area contributed by atoms with Gasteiger partial charge in [0, 0.05) is 18.8 Å². The summed E-state index contributed by atoms with van der Waals surface area (Å²) in [4.78, 5) is 25.6. The first-order chi connectivity index (χ1) is 17.1. The number of hydrogen-bond acceptors (Lipinski definition) is 4. The Bertz CT molecular complexity index is 1110. The maximum absolute atomic E-state index is 12.8. The number of aryl methyl sites for hydroxylation is 1. The molecule has 2 aromatic rings. The number of epoxide rings is 1. The molecule has 0 saturated carbocycles. The summed E-state index contributed by atoms with van der Waals surface area (Å²) in [5.74, 6) is 0.283. The van der Waals surface area contributed by atoms with Gasteiger partial charge in [0.05, 0.1) is 23.9 Å². The van der Waals surface area contributed by atoms with Gasteiger partial charge in [-0.2, -0.15) is 0 Å². The van der Waals surface area contributed by atoms with Gasteiger partial charge in [-0.15, -0.1) is 0 Å². The Labute approximate surface area is 214 Å². The lowest BCUT2D eigenvalue weighted by Crippen LogP contribution is -2.62. The van der Waals surface area contributed by atoms with E-state index in [1.54, 1.807) is 0 Å². The third-order valence-corrected chi connectivity index (χ3v) is 8.17. The average molecular weight is 491 g/mol. The maximum Gasteiger partial charge on any atom is 0.243 e. The first kappa shape index (κ1) is 25.0. The Balaban J connectivity index is 1.10. The molecule has 0 radical (unpaired) electrons. The molecule has 3 heterocycles. The summed E-state index contributed by atoms with van der Waals surface area (Å²) in [7, 11) is 0. The van der Waals surface area contributed by atoms with Gasteiger partial charge in [-0.05, 0) is 69.2 Å². The highest BCUT2D eigenvalue weighted by atomic mass is 16.6. The molecule has 3 aliphatic heterocycles. The number of hydrogen-bond donors (Lipinski definition) is 2. The monoisotopic (exact) mass is 490 g/mol. The number of ether oxygens (including phenoxy) is 2. The molecule has 6 heteroatoms. The molecule has 6 nitrogen and oxygen atoms in total. The third-order valence-electron chi connectivity index (χ3n) is 8.17. The summed E-state index contributed by atoms with van der Waals surface area (Å²) in [5.41, 5.74) is 4.58. The zero-order valence-corrected chi connectivity index (χ0v) is 21.8. The van der Waals surface area contributed by atoms with Crippen LogP contribution in [0.15, 0.2) is 48.5 Å². The van der Waals surface area contributed by atoms with Gasteiger partial charge in [0.15, 0.2) is 0 Å². The molecule has 0 aliphatic carbocycles. The minimum atomic E-state index is -0.546. The van der Waals surface area contributed by atoms with E-state index in [-0.39, 0.29) is 23.0 Å². The molecule has 3 fully saturated rings. The smallest absolute Gasteiger partial charge is 0.243 e. The van der Waals surface area contributed by atoms with Crippen LogP contribution in [-0.4, -0.2) is 47.8 Å². The van der Waals surface area contributed by atoms with Gasteiger partial charge < -0.3 is 20.1 Å². The quantitative estimate of drug-likeness (QED) is 0.527. The van der Waals surface area contributed by atoms with Crippen LogP contribution in [0.5, 0.6) is 0 Å². The largest absolute Gasteiger partial charge is 0.375 e. The fourth-order valence-electron chi connectivity index (χ4n) is 5.25. The molecule has 36 heavy (non-hydrogen) atoms. The SMILES string of the molecule is CC1(C)OCC1Cc1ccc(CC2NC(=O)C(Cc3ccc(CCC4OC4(C)C)cc3)NC2=O)cc1. The molecule has 3 saturated heterocycles. The number of piperazine rings is 1. The standard InChI is InChI=1S/C30H38N2O4/c1-29(2)23(18-35-29)15-20-9-11-22(12-10-20)17-25-28(34)31-24(27(33)32-25)16-21-7-5-19(6-8-21)13-14-26-30(3,4)36-26/h5-12,23-26H,13-18H2,1-4H3,(H,31,34)(H,32,33). The first-order valence-corrected chi connectivity index (χ1v) is 13.2. The van der Waals surface area contributed by atoms with E-state index >= 15 is 0 Å². The molecule has 0 spiro atoms. The van der Waals surface area contributed by atoms with Crippen molar-refractivity contribution in [3.05, 3.63) is 70.8 Å². The van der Waals surface area contributed by atoms with E-state index in [0.29, 0.717) is 24.9 Å². The number of carbonyl (C=O) groups excluding carboxylic acids is 2. The Morgan fingerprint density at radius 2 is 1.17 bits per heavy atom. The molecule has 4 unspecified atom stereocenters. The Hall–Kier alpha value is -2.70. The fraction of sp³-hybridized carbons (Fsp3) is 0.533. The highest BCUT2D eigenvalue weighted by Crippen LogP contribution is 2.38. The average Bonchev–Trinajstić information content (AvgIpc) is 3.46. The van der Waals surface area contributed by atoms with E-state index in [9.17, 15) is 9.59 Å². The molecule has 3 aliphatic rings. The molecule has 0 aromatic heterocycles. The molecular formula is C30H38N2O4. The molecule has 192 valence electrons. The maximum atomic E-state index is 12.8. The van der Waals surface area contributed by atoms with Crippen LogP contribution in [0.2, 0.25) is 0 Å². The number of carbonyl (C=O) groups is 2. The molecule has 2 amide bonds. The Kier molecular flexibility index (Phi) is 6.69. The van der Waals surface area contributed by atoms with E-state index in [4.69, 9.17) is 9.47 Å². The lowest BCUT2D eigenvalue weighted by molar-refractivity contribution is -0.180. The van der Waals surface area contributed by atoms with E-state index in [0.717, 1.165) is 37.0 Å². The minimum absolute atomic E-state index is 0.0244. The summed E-state index contributed by atoms with van der Waals surface area (Å²) < 4.78 is 11.3. The topological polar surface area (TPSA) is 80.0 Å². The van der Waals surface area contributed by atoms with Crippen molar-refractivity contribution in [2.45, 2.75) is 89.2 Å². The number of benzene rings is 2. The van der Waals surface area contributed by atoms with Crippen LogP contribution < -0.4 is 10.6 Å². The van der Waals surface area contributed by atoms with Crippen molar-refractivity contribution in [1.29, 1.82) is 0 Å². The molecule has 2 N–H and O–H groups in total. The van der Waals surface area contributed by atoms with Gasteiger partial charge in [0.25, 0.3) is 0 Å². The fourth-order valence-corrected chi connectivity index (χ4v) is 5.25. The molecular weight excluding hydrogens is 452 g/mol. The zero-order chi connectivity index (χ0) is 25.5. The predicted octanol–water partition coefficient (Wildman–Crippen LogP) is 3.53. The summed E-state index contributed by atoms with van der Waals surface area (Å²) in [5, 5.41) is 5.88. The van der Waals surface area contributed by atoms with E-state index in [1.165, 1.54) is 11.1 Å². The second-order valence-electron chi connectivity index (χ2n) is 11.7. The summed E-state index contributed by atoms with van der Waals surface area (Å²) in [6.07, 6.45) is 4.30. The highest BCUT2D eigenvalue weighted by Gasteiger charge is 2.46. The van der Waals surface area contributed by atoms with Crippen molar-refractivity contribution in [2.24, 2.45) is 5.92 Å². The number of rotatable bonds is 9. The van der Waals surface area contributed by atoms with Crippen molar-refractivity contribution in [3.8, 4) is 0 Å². The highest BCUT2D eigenvalue weighted by molar-refractivity contribution is 5.97. The lowest BCUT2D eigenvalue weighted by Gasteiger charge is -2.44. The number of nitrogens with one attached hydrogen (secondary N) is 2. The van der Waals surface area contributed by atoms with Gasteiger partial charge in [-0.1, -0.05) is 48.5 Å². The van der Waals surface area contributed by atoms with Crippen LogP contribution in [0.25, 0.3) is 0 Å². The second-order valence-corrected chi connectivity index (χ2v) is 11.7. The first-order valence-electron chi connectivity index (χ1n) is 13.2. The Morgan fingerprint density at radius 1 is 0.722 bits per heavy atom. The number of amides is 2. The van der Waals surface area contributed by atoms with Gasteiger partial charge >= 0.3 is 0 Å². The van der Waals surface area contributed by atoms with Crippen molar-refractivity contribution in [2.75, 3.05) is 6.61 Å². The molecule has 5 rings (SSSR count). The van der Waals surface area contributed by atoms with Crippen LogP contribution in [-0.2, 0) is 44.7 Å². The zero-order valence-electron chi connectivity index (χ0n) is 21.8. The van der Waals surface area contributed by atoms with Crippen LogP contribution in [0.4, 0.5) is 0 Å². The minimum Gasteiger partial charge on any atom is -0.375 e. The van der Waals surface area contributed by atoms with Crippen molar-refractivity contribution < 1.29 is 19.1 Å². The van der Waals surface area contributed by atoms with E-state index in [2.05, 4.69) is 86.9 Å². The van der Waals surface area contributed by atoms with Crippen molar-refractivity contribution in [3.63, 3.8) is 0 Å². The van der Waals surface area contributed by atoms with E-state index in [1.807, 2.05) is 0 Å². The second kappa shape index (κ2) is 9.64. The normalized spacial score (nSPS) is 28.1. The molecule has 4 atom stereocenters. The molecule has 2 aromatic carbocycles. The summed E-state index contributed by atoms with van der Waals surface area (Å²) in [6.45, 7) is 9.32. The van der Waals surface area contributed by atoms with Gasteiger partial charge in [-0.25, -0.2) is 0 Å².